The van der Waals surface area contributed by atoms with Gasteiger partial charge in [0.15, 0.2) is 17.4 Å². The summed E-state index contributed by atoms with van der Waals surface area (Å²) in [4.78, 5) is 33.5. The summed E-state index contributed by atoms with van der Waals surface area (Å²) in [5.41, 5.74) is 1.69. The molecule has 0 radical (unpaired) electrons. The highest BCUT2D eigenvalue weighted by Gasteiger charge is 2.29. The summed E-state index contributed by atoms with van der Waals surface area (Å²) in [7, 11) is 0. The van der Waals surface area contributed by atoms with Gasteiger partial charge < -0.3 is 30.0 Å². The Kier molecular flexibility index (Phi) is 9.00. The van der Waals surface area contributed by atoms with Gasteiger partial charge >= 0.3 is 0 Å². The monoisotopic (exact) mass is 603 g/mol. The molecule has 1 aromatic carbocycles. The van der Waals surface area contributed by atoms with Gasteiger partial charge in [0.05, 0.1) is 17.5 Å². The maximum absolute atomic E-state index is 13.4. The van der Waals surface area contributed by atoms with E-state index in [2.05, 4.69) is 38.3 Å². The molecular formula is C30H33N7O5S. The third-order valence-corrected chi connectivity index (χ3v) is 7.79. The number of nitrogens with zero attached hydrogens (tertiary/aromatic N) is 5. The Morgan fingerprint density at radius 3 is 2.40 bits per heavy atom. The van der Waals surface area contributed by atoms with Crippen molar-refractivity contribution in [1.82, 2.24) is 20.1 Å². The lowest BCUT2D eigenvalue weighted by Gasteiger charge is -2.34. The van der Waals surface area contributed by atoms with Crippen molar-refractivity contribution in [3.63, 3.8) is 0 Å². The van der Waals surface area contributed by atoms with E-state index in [4.69, 9.17) is 4.42 Å². The van der Waals surface area contributed by atoms with Crippen LogP contribution in [0, 0.1) is 0 Å². The van der Waals surface area contributed by atoms with Crippen molar-refractivity contribution in [2.24, 2.45) is 8.80 Å². The number of rotatable bonds is 7. The summed E-state index contributed by atoms with van der Waals surface area (Å²) in [6, 6.07) is 11.4. The van der Waals surface area contributed by atoms with Gasteiger partial charge in [-0.25, -0.2) is 4.21 Å². The maximum atomic E-state index is 13.4. The number of hydrogen-bond acceptors (Lipinski definition) is 8. The Balaban J connectivity index is 1.27. The molecule has 1 saturated heterocycles. The minimum absolute atomic E-state index is 0.0873. The molecule has 3 N–H and O–H groups in total. The Bertz CT molecular complexity index is 1610. The molecule has 43 heavy (non-hydrogen) atoms. The molecule has 4 heterocycles. The number of hydrogen-bond donors (Lipinski definition) is 3. The van der Waals surface area contributed by atoms with Crippen molar-refractivity contribution in [3.05, 3.63) is 89.7 Å². The summed E-state index contributed by atoms with van der Waals surface area (Å²) >= 11 is -1.88. The lowest BCUT2D eigenvalue weighted by Crippen LogP contribution is -2.50. The molecule has 0 spiro atoms. The molecule has 2 aromatic heterocycles. The number of amides is 2. The Morgan fingerprint density at radius 1 is 1.02 bits per heavy atom. The third-order valence-electron chi connectivity index (χ3n) is 7.11. The quantitative estimate of drug-likeness (QED) is 0.272. The lowest BCUT2D eigenvalue weighted by atomic mass is 10.1. The van der Waals surface area contributed by atoms with Crippen molar-refractivity contribution < 1.29 is 23.3 Å². The van der Waals surface area contributed by atoms with E-state index in [9.17, 15) is 18.9 Å². The van der Waals surface area contributed by atoms with Crippen molar-refractivity contribution in [2.45, 2.75) is 32.7 Å². The maximum Gasteiger partial charge on any atom is 0.272 e. The standard InChI is InChI=1S/C30H33N7O5S/c1-4-8-22(25-17-20(18-42-25)19(2)3)32-27-28(35-43(41)34-27)33-23-11-7-9-21(26(23)38)29(39)36-13-15-37(16-14-36)30(40)24-10-5-6-12-31-24/h4-12,17-19,22,38H,13-16H2,1-3H3,(H,32,34)(H,33,35)/b8-4+. The zero-order valence-electron chi connectivity index (χ0n) is 24.1. The van der Waals surface area contributed by atoms with E-state index in [1.807, 2.05) is 25.1 Å². The average molecular weight is 604 g/mol. The number of pyridine rings is 1. The van der Waals surface area contributed by atoms with Gasteiger partial charge in [0.25, 0.3) is 23.0 Å². The van der Waals surface area contributed by atoms with Gasteiger partial charge in [-0.2, -0.15) is 0 Å². The highest BCUT2D eigenvalue weighted by atomic mass is 32.2. The minimum Gasteiger partial charge on any atom is -0.505 e. The molecule has 2 amide bonds. The normalized spacial score (nSPS) is 17.6. The first-order chi connectivity index (χ1) is 20.7. The van der Waals surface area contributed by atoms with E-state index < -0.39 is 17.2 Å². The molecule has 13 heteroatoms. The summed E-state index contributed by atoms with van der Waals surface area (Å²) in [6.45, 7) is 7.31. The van der Waals surface area contributed by atoms with Crippen molar-refractivity contribution >= 4 is 40.3 Å². The molecule has 0 aliphatic carbocycles. The van der Waals surface area contributed by atoms with Crippen LogP contribution in [-0.2, 0) is 11.2 Å². The Morgan fingerprint density at radius 2 is 1.74 bits per heavy atom. The number of nitrogens with one attached hydrogen (secondary N) is 2. The van der Waals surface area contributed by atoms with Crippen LogP contribution < -0.4 is 10.6 Å². The number of furan rings is 1. The fourth-order valence-electron chi connectivity index (χ4n) is 4.71. The molecule has 0 saturated carbocycles. The lowest BCUT2D eigenvalue weighted by molar-refractivity contribution is 0.0530. The average Bonchev–Trinajstić information content (AvgIpc) is 3.65. The molecule has 224 valence electrons. The molecule has 2 aliphatic heterocycles. The second-order valence-electron chi connectivity index (χ2n) is 10.3. The Hall–Kier alpha value is -4.78. The number of carbonyl (C=O) groups excluding carboxylic acids is 2. The number of allylic oxidation sites excluding steroid dienone is 1. The number of phenolic OH excluding ortho intramolecular Hbond substituents is 1. The summed E-state index contributed by atoms with van der Waals surface area (Å²) in [5.74, 6) is 0.456. The predicted octanol–water partition coefficient (Wildman–Crippen LogP) is 3.81. The molecule has 2 atom stereocenters. The van der Waals surface area contributed by atoms with E-state index in [0.717, 1.165) is 5.56 Å². The number of benzene rings is 1. The SMILES string of the molecule is C/C=C/C(NC1=NS(=O)N=C1Nc1cccc(C(=O)N2CCN(C(=O)c3ccccn3)CC2)c1O)c1cc(C(C)C)co1. The second-order valence-corrected chi connectivity index (χ2v) is 11.1. The second kappa shape index (κ2) is 13.0. The van der Waals surface area contributed by atoms with Gasteiger partial charge in [-0.3, -0.25) is 14.6 Å². The van der Waals surface area contributed by atoms with E-state index in [0.29, 0.717) is 37.6 Å². The number of para-hydroxylation sites is 1. The van der Waals surface area contributed by atoms with E-state index in [1.165, 1.54) is 6.07 Å². The summed E-state index contributed by atoms with van der Waals surface area (Å²) in [6.07, 6.45) is 7.02. The van der Waals surface area contributed by atoms with E-state index >= 15 is 0 Å². The topological polar surface area (TPSA) is 153 Å². The van der Waals surface area contributed by atoms with Gasteiger partial charge in [0.1, 0.15) is 17.5 Å². The number of aromatic nitrogens is 1. The molecule has 5 rings (SSSR count). The number of phenols is 1. The molecule has 1 fully saturated rings. The highest BCUT2D eigenvalue weighted by molar-refractivity contribution is 7.83. The van der Waals surface area contributed by atoms with Crippen molar-refractivity contribution in [3.8, 4) is 5.75 Å². The first-order valence-corrected chi connectivity index (χ1v) is 15.0. The number of carbonyl (C=O) groups is 2. The Labute approximate surface area is 252 Å². The molecule has 2 unspecified atom stereocenters. The van der Waals surface area contributed by atoms with Crippen LogP contribution in [0.5, 0.6) is 5.75 Å². The molecule has 0 bridgehead atoms. The van der Waals surface area contributed by atoms with E-state index in [1.54, 1.807) is 52.6 Å². The fraction of sp³-hybridized carbons (Fsp3) is 0.300. The zero-order chi connectivity index (χ0) is 30.5. The largest absolute Gasteiger partial charge is 0.505 e. The first-order valence-electron chi connectivity index (χ1n) is 13.9. The van der Waals surface area contributed by atoms with Crippen LogP contribution in [0.1, 0.15) is 64.9 Å². The van der Waals surface area contributed by atoms with Crippen LogP contribution >= 0.6 is 0 Å². The van der Waals surface area contributed by atoms with Crippen LogP contribution in [0.25, 0.3) is 0 Å². The molecule has 3 aromatic rings. The first kappa shape index (κ1) is 29.7. The summed E-state index contributed by atoms with van der Waals surface area (Å²) in [5, 5.41) is 17.3. The van der Waals surface area contributed by atoms with Gasteiger partial charge in [-0.1, -0.05) is 38.1 Å². The number of anilines is 1. The summed E-state index contributed by atoms with van der Waals surface area (Å²) < 4.78 is 26.3. The zero-order valence-corrected chi connectivity index (χ0v) is 24.9. The molecule has 12 nitrogen and oxygen atoms in total. The molecular weight excluding hydrogens is 570 g/mol. The van der Waals surface area contributed by atoms with Crippen LogP contribution in [0.4, 0.5) is 5.69 Å². The third kappa shape index (κ3) is 6.67. The van der Waals surface area contributed by atoms with Crippen LogP contribution in [-0.4, -0.2) is 73.8 Å². The predicted molar refractivity (Wildman–Crippen MR) is 164 cm³/mol. The van der Waals surface area contributed by atoms with E-state index in [-0.39, 0.29) is 46.4 Å². The highest BCUT2D eigenvalue weighted by Crippen LogP contribution is 2.30. The van der Waals surface area contributed by atoms with Crippen LogP contribution in [0.2, 0.25) is 0 Å². The van der Waals surface area contributed by atoms with Gasteiger partial charge in [0.2, 0.25) is 0 Å². The number of piperazine rings is 1. The number of amidine groups is 2. The fourth-order valence-corrected chi connectivity index (χ4v) is 5.33. The van der Waals surface area contributed by atoms with Crippen molar-refractivity contribution in [2.75, 3.05) is 31.5 Å². The van der Waals surface area contributed by atoms with Crippen LogP contribution in [0.15, 0.2) is 80.3 Å². The smallest absolute Gasteiger partial charge is 0.272 e. The molecule has 2 aliphatic rings. The van der Waals surface area contributed by atoms with Gasteiger partial charge in [-0.05, 0) is 48.7 Å². The number of aromatic hydroxyl groups is 1. The minimum atomic E-state index is -1.88. The van der Waals surface area contributed by atoms with Gasteiger partial charge in [0, 0.05) is 32.4 Å². The van der Waals surface area contributed by atoms with Crippen LogP contribution in [0.3, 0.4) is 0 Å². The van der Waals surface area contributed by atoms with Gasteiger partial charge in [-0.15, -0.1) is 8.80 Å². The van der Waals surface area contributed by atoms with Crippen molar-refractivity contribution in [1.29, 1.82) is 0 Å².